The van der Waals surface area contributed by atoms with Crippen LogP contribution < -0.4 is 10.1 Å². The lowest BCUT2D eigenvalue weighted by molar-refractivity contribution is -0.147. The molecule has 1 amide bonds. The molecule has 0 unspecified atom stereocenters. The molecule has 0 aliphatic carbocycles. The molecule has 2 aromatic carbocycles. The van der Waals surface area contributed by atoms with Gasteiger partial charge in [-0.2, -0.15) is 0 Å². The van der Waals surface area contributed by atoms with E-state index >= 15 is 0 Å². The van der Waals surface area contributed by atoms with E-state index in [1.807, 2.05) is 57.2 Å². The third-order valence-corrected chi connectivity index (χ3v) is 4.46. The number of anilines is 1. The minimum atomic E-state index is -0.464. The average Bonchev–Trinajstić information content (AvgIpc) is 2.64. The van der Waals surface area contributed by atoms with Crippen LogP contribution in [0.15, 0.2) is 36.4 Å². The first-order chi connectivity index (χ1) is 13.3. The Balaban J connectivity index is 1.80. The van der Waals surface area contributed by atoms with Crippen molar-refractivity contribution in [3.8, 4) is 5.75 Å². The van der Waals surface area contributed by atoms with Crippen LogP contribution in [0, 0.1) is 20.8 Å². The molecule has 1 N–H and O–H groups in total. The Bertz CT molecular complexity index is 842. The fourth-order valence-electron chi connectivity index (χ4n) is 2.84. The van der Waals surface area contributed by atoms with Crippen molar-refractivity contribution in [3.63, 3.8) is 0 Å². The summed E-state index contributed by atoms with van der Waals surface area (Å²) in [4.78, 5) is 24.1. The lowest BCUT2D eigenvalue weighted by Crippen LogP contribution is -2.23. The first-order valence-corrected chi connectivity index (χ1v) is 9.53. The standard InChI is InChI=1S/C23H29NO4/c1-15(2)19-8-6-7-18(5)23(19)24-21(25)14-28-22(26)11-12-27-20-13-16(3)9-10-17(20)4/h6-10,13,15H,11-12,14H2,1-5H3,(H,24,25). The SMILES string of the molecule is Cc1ccc(C)c(OCCC(=O)OCC(=O)Nc2c(C)cccc2C(C)C)c1. The van der Waals surface area contributed by atoms with Gasteiger partial charge in [0, 0.05) is 5.69 Å². The van der Waals surface area contributed by atoms with Gasteiger partial charge in [0.25, 0.3) is 5.91 Å². The quantitative estimate of drug-likeness (QED) is 0.672. The molecule has 0 aromatic heterocycles. The molecular formula is C23H29NO4. The maximum Gasteiger partial charge on any atom is 0.309 e. The molecule has 5 nitrogen and oxygen atoms in total. The molecule has 0 radical (unpaired) electrons. The number of benzene rings is 2. The van der Waals surface area contributed by atoms with Crippen molar-refractivity contribution < 1.29 is 19.1 Å². The average molecular weight is 383 g/mol. The Morgan fingerprint density at radius 1 is 1.04 bits per heavy atom. The fraction of sp³-hybridized carbons (Fsp3) is 0.391. The Morgan fingerprint density at radius 2 is 1.79 bits per heavy atom. The molecule has 0 saturated heterocycles. The van der Waals surface area contributed by atoms with E-state index in [0.29, 0.717) is 0 Å². The van der Waals surface area contributed by atoms with E-state index in [9.17, 15) is 9.59 Å². The number of carbonyl (C=O) groups excluding carboxylic acids is 2. The molecule has 28 heavy (non-hydrogen) atoms. The number of hydrogen-bond acceptors (Lipinski definition) is 4. The lowest BCUT2D eigenvalue weighted by Gasteiger charge is -2.16. The van der Waals surface area contributed by atoms with Gasteiger partial charge in [0.15, 0.2) is 6.61 Å². The summed E-state index contributed by atoms with van der Waals surface area (Å²) in [5.41, 5.74) is 4.93. The predicted molar refractivity (Wildman–Crippen MR) is 111 cm³/mol. The van der Waals surface area contributed by atoms with Crippen molar-refractivity contribution in [3.05, 3.63) is 58.7 Å². The molecular weight excluding hydrogens is 354 g/mol. The van der Waals surface area contributed by atoms with Crippen LogP contribution in [0.25, 0.3) is 0 Å². The van der Waals surface area contributed by atoms with E-state index in [4.69, 9.17) is 9.47 Å². The molecule has 0 heterocycles. The van der Waals surface area contributed by atoms with Gasteiger partial charge in [-0.05, 0) is 55.0 Å². The van der Waals surface area contributed by atoms with Crippen molar-refractivity contribution >= 4 is 17.6 Å². The highest BCUT2D eigenvalue weighted by Crippen LogP contribution is 2.27. The number of carbonyl (C=O) groups is 2. The summed E-state index contributed by atoms with van der Waals surface area (Å²) in [6.07, 6.45) is 0.0856. The second kappa shape index (κ2) is 9.93. The van der Waals surface area contributed by atoms with Gasteiger partial charge in [0.05, 0.1) is 13.0 Å². The molecule has 0 saturated carbocycles. The summed E-state index contributed by atoms with van der Waals surface area (Å²) in [6, 6.07) is 11.8. The summed E-state index contributed by atoms with van der Waals surface area (Å²) in [5.74, 6) is 0.223. The smallest absolute Gasteiger partial charge is 0.309 e. The van der Waals surface area contributed by atoms with Crippen LogP contribution in [-0.4, -0.2) is 25.1 Å². The zero-order chi connectivity index (χ0) is 20.7. The van der Waals surface area contributed by atoms with Crippen molar-refractivity contribution in [2.75, 3.05) is 18.5 Å². The second-order valence-corrected chi connectivity index (χ2v) is 7.27. The third-order valence-electron chi connectivity index (χ3n) is 4.46. The number of hydrogen-bond donors (Lipinski definition) is 1. The van der Waals surface area contributed by atoms with E-state index in [1.165, 1.54) is 0 Å². The van der Waals surface area contributed by atoms with Crippen LogP contribution in [0.3, 0.4) is 0 Å². The van der Waals surface area contributed by atoms with Gasteiger partial charge in [0.2, 0.25) is 0 Å². The molecule has 0 fully saturated rings. The molecule has 0 spiro atoms. The maximum absolute atomic E-state index is 12.2. The number of rotatable bonds is 8. The Labute approximate surface area is 167 Å². The number of nitrogens with one attached hydrogen (secondary N) is 1. The van der Waals surface area contributed by atoms with Gasteiger partial charge in [-0.15, -0.1) is 0 Å². The first kappa shape index (κ1) is 21.5. The largest absolute Gasteiger partial charge is 0.493 e. The van der Waals surface area contributed by atoms with Crippen molar-refractivity contribution in [2.24, 2.45) is 0 Å². The van der Waals surface area contributed by atoms with Gasteiger partial charge in [-0.3, -0.25) is 9.59 Å². The molecule has 150 valence electrons. The van der Waals surface area contributed by atoms with E-state index in [1.54, 1.807) is 0 Å². The van der Waals surface area contributed by atoms with Crippen molar-refractivity contribution in [1.82, 2.24) is 0 Å². The monoisotopic (exact) mass is 383 g/mol. The Kier molecular flexibility index (Phi) is 7.61. The first-order valence-electron chi connectivity index (χ1n) is 9.53. The van der Waals surface area contributed by atoms with Crippen LogP contribution in [0.1, 0.15) is 48.4 Å². The molecule has 2 aromatic rings. The van der Waals surface area contributed by atoms with Gasteiger partial charge >= 0.3 is 5.97 Å². The third kappa shape index (κ3) is 6.12. The zero-order valence-corrected chi connectivity index (χ0v) is 17.3. The molecule has 0 bridgehead atoms. The molecule has 0 aliphatic heterocycles. The van der Waals surface area contributed by atoms with Crippen LogP contribution in [0.4, 0.5) is 5.69 Å². The topological polar surface area (TPSA) is 64.6 Å². The van der Waals surface area contributed by atoms with E-state index < -0.39 is 5.97 Å². The highest BCUT2D eigenvalue weighted by atomic mass is 16.5. The molecule has 0 aliphatic rings. The Morgan fingerprint density at radius 3 is 2.50 bits per heavy atom. The van der Waals surface area contributed by atoms with E-state index in [-0.39, 0.29) is 31.5 Å². The highest BCUT2D eigenvalue weighted by molar-refractivity contribution is 5.94. The van der Waals surface area contributed by atoms with Crippen LogP contribution in [0.2, 0.25) is 0 Å². The van der Waals surface area contributed by atoms with Gasteiger partial charge in [-0.25, -0.2) is 0 Å². The van der Waals surface area contributed by atoms with Crippen LogP contribution in [-0.2, 0) is 14.3 Å². The van der Waals surface area contributed by atoms with Crippen LogP contribution >= 0.6 is 0 Å². The van der Waals surface area contributed by atoms with Crippen molar-refractivity contribution in [1.29, 1.82) is 0 Å². The highest BCUT2D eigenvalue weighted by Gasteiger charge is 2.14. The predicted octanol–water partition coefficient (Wildman–Crippen LogP) is 4.69. The molecule has 0 atom stereocenters. The van der Waals surface area contributed by atoms with Gasteiger partial charge in [-0.1, -0.05) is 44.2 Å². The minimum Gasteiger partial charge on any atom is -0.493 e. The Hall–Kier alpha value is -2.82. The molecule has 2 rings (SSSR count). The second-order valence-electron chi connectivity index (χ2n) is 7.27. The molecule has 5 heteroatoms. The summed E-state index contributed by atoms with van der Waals surface area (Å²) in [6.45, 7) is 9.92. The number of para-hydroxylation sites is 1. The normalized spacial score (nSPS) is 10.6. The maximum atomic E-state index is 12.2. The van der Waals surface area contributed by atoms with Crippen LogP contribution in [0.5, 0.6) is 5.75 Å². The van der Waals surface area contributed by atoms with Gasteiger partial charge < -0.3 is 14.8 Å². The van der Waals surface area contributed by atoms with E-state index in [0.717, 1.165) is 33.7 Å². The minimum absolute atomic E-state index is 0.0856. The zero-order valence-electron chi connectivity index (χ0n) is 17.3. The summed E-state index contributed by atoms with van der Waals surface area (Å²) in [5, 5.41) is 2.86. The van der Waals surface area contributed by atoms with E-state index in [2.05, 4.69) is 19.2 Å². The summed E-state index contributed by atoms with van der Waals surface area (Å²) in [7, 11) is 0. The summed E-state index contributed by atoms with van der Waals surface area (Å²) >= 11 is 0. The van der Waals surface area contributed by atoms with Crippen molar-refractivity contribution in [2.45, 2.75) is 47.0 Å². The number of ether oxygens (including phenoxy) is 2. The number of esters is 1. The lowest BCUT2D eigenvalue weighted by atomic mass is 9.98. The number of aryl methyl sites for hydroxylation is 3. The fourth-order valence-corrected chi connectivity index (χ4v) is 2.84. The summed E-state index contributed by atoms with van der Waals surface area (Å²) < 4.78 is 10.7. The number of amides is 1. The van der Waals surface area contributed by atoms with Gasteiger partial charge in [0.1, 0.15) is 5.75 Å².